The van der Waals surface area contributed by atoms with Crippen molar-refractivity contribution in [2.24, 2.45) is 5.73 Å². The molecule has 0 atom stereocenters. The standard InChI is InChI=1S/C12H16F2N2/c13-12(14,7-15)8-16-11-5-9-3-1-2-4-10(9)6-11/h1-4,11,16H,5-8,15H2. The summed E-state index contributed by atoms with van der Waals surface area (Å²) < 4.78 is 25.9. The van der Waals surface area contributed by atoms with E-state index in [4.69, 9.17) is 5.73 Å². The number of hydrogen-bond acceptors (Lipinski definition) is 2. The molecule has 1 aromatic rings. The van der Waals surface area contributed by atoms with Gasteiger partial charge in [-0.05, 0) is 24.0 Å². The van der Waals surface area contributed by atoms with Crippen LogP contribution >= 0.6 is 0 Å². The Hall–Kier alpha value is -1.00. The third-order valence-electron chi connectivity index (χ3n) is 3.00. The minimum absolute atomic E-state index is 0.120. The van der Waals surface area contributed by atoms with Crippen molar-refractivity contribution in [1.29, 1.82) is 0 Å². The largest absolute Gasteiger partial charge is 0.325 e. The predicted molar refractivity (Wildman–Crippen MR) is 59.6 cm³/mol. The third-order valence-corrected chi connectivity index (χ3v) is 3.00. The summed E-state index contributed by atoms with van der Waals surface area (Å²) in [5.74, 6) is -2.80. The first-order chi connectivity index (χ1) is 7.61. The van der Waals surface area contributed by atoms with E-state index < -0.39 is 12.5 Å². The molecule has 0 amide bonds. The molecule has 1 aliphatic carbocycles. The molecule has 1 aliphatic rings. The second-order valence-corrected chi connectivity index (χ2v) is 4.31. The summed E-state index contributed by atoms with van der Waals surface area (Å²) in [5, 5.41) is 2.89. The molecule has 0 heterocycles. The summed E-state index contributed by atoms with van der Waals surface area (Å²) in [5.41, 5.74) is 7.51. The molecular weight excluding hydrogens is 210 g/mol. The highest BCUT2D eigenvalue weighted by Crippen LogP contribution is 2.22. The van der Waals surface area contributed by atoms with Crippen molar-refractivity contribution in [1.82, 2.24) is 5.32 Å². The molecule has 0 unspecified atom stereocenters. The maximum Gasteiger partial charge on any atom is 0.272 e. The van der Waals surface area contributed by atoms with Crippen LogP contribution in [0, 0.1) is 0 Å². The van der Waals surface area contributed by atoms with Crippen molar-refractivity contribution in [3.8, 4) is 0 Å². The average molecular weight is 226 g/mol. The fraction of sp³-hybridized carbons (Fsp3) is 0.500. The van der Waals surface area contributed by atoms with Gasteiger partial charge in [-0.25, -0.2) is 8.78 Å². The van der Waals surface area contributed by atoms with Gasteiger partial charge >= 0.3 is 0 Å². The van der Waals surface area contributed by atoms with E-state index in [1.54, 1.807) is 0 Å². The highest BCUT2D eigenvalue weighted by Gasteiger charge is 2.29. The maximum absolute atomic E-state index is 12.9. The van der Waals surface area contributed by atoms with Gasteiger partial charge in [-0.2, -0.15) is 0 Å². The SMILES string of the molecule is NCC(F)(F)CNC1Cc2ccccc2C1. The zero-order valence-electron chi connectivity index (χ0n) is 9.05. The molecule has 0 spiro atoms. The lowest BCUT2D eigenvalue weighted by Crippen LogP contribution is -2.43. The van der Waals surface area contributed by atoms with Gasteiger partial charge in [0.05, 0.1) is 13.1 Å². The average Bonchev–Trinajstić information content (AvgIpc) is 2.69. The molecule has 1 aromatic carbocycles. The van der Waals surface area contributed by atoms with E-state index in [1.165, 1.54) is 11.1 Å². The van der Waals surface area contributed by atoms with E-state index in [2.05, 4.69) is 17.4 Å². The molecule has 3 N–H and O–H groups in total. The maximum atomic E-state index is 12.9. The monoisotopic (exact) mass is 226 g/mol. The number of benzene rings is 1. The Bertz CT molecular complexity index is 341. The molecule has 0 radical (unpaired) electrons. The van der Waals surface area contributed by atoms with E-state index in [0.29, 0.717) is 0 Å². The van der Waals surface area contributed by atoms with Crippen LogP contribution in [0.1, 0.15) is 11.1 Å². The quantitative estimate of drug-likeness (QED) is 0.813. The molecule has 4 heteroatoms. The van der Waals surface area contributed by atoms with Gasteiger partial charge in [-0.15, -0.1) is 0 Å². The summed E-state index contributed by atoms with van der Waals surface area (Å²) in [6.45, 7) is -0.929. The van der Waals surface area contributed by atoms with Gasteiger partial charge in [0.25, 0.3) is 5.92 Å². The topological polar surface area (TPSA) is 38.0 Å². The molecule has 0 aromatic heterocycles. The van der Waals surface area contributed by atoms with Gasteiger partial charge in [0.1, 0.15) is 0 Å². The van der Waals surface area contributed by atoms with E-state index in [0.717, 1.165) is 12.8 Å². The first-order valence-corrected chi connectivity index (χ1v) is 5.49. The van der Waals surface area contributed by atoms with Gasteiger partial charge in [0.15, 0.2) is 0 Å². The minimum atomic E-state index is -2.80. The fourth-order valence-electron chi connectivity index (χ4n) is 2.07. The molecule has 2 nitrogen and oxygen atoms in total. The van der Waals surface area contributed by atoms with Gasteiger partial charge in [-0.1, -0.05) is 24.3 Å². The first kappa shape index (κ1) is 11.5. The van der Waals surface area contributed by atoms with Crippen LogP contribution in [0.2, 0.25) is 0 Å². The number of nitrogens with one attached hydrogen (secondary N) is 1. The number of nitrogens with two attached hydrogens (primary N) is 1. The molecule has 2 rings (SSSR count). The van der Waals surface area contributed by atoms with Crippen LogP contribution in [0.4, 0.5) is 8.78 Å². The Labute approximate surface area is 93.8 Å². The van der Waals surface area contributed by atoms with Gasteiger partial charge in [0.2, 0.25) is 0 Å². The lowest BCUT2D eigenvalue weighted by molar-refractivity contribution is 0.00943. The van der Waals surface area contributed by atoms with Gasteiger partial charge < -0.3 is 11.1 Å². The van der Waals surface area contributed by atoms with Gasteiger partial charge in [0, 0.05) is 6.04 Å². The van der Waals surface area contributed by atoms with Crippen molar-refractivity contribution in [3.63, 3.8) is 0 Å². The molecule has 0 saturated heterocycles. The van der Waals surface area contributed by atoms with Gasteiger partial charge in [-0.3, -0.25) is 0 Å². The smallest absolute Gasteiger partial charge is 0.272 e. The van der Waals surface area contributed by atoms with Crippen LogP contribution in [0.5, 0.6) is 0 Å². The van der Waals surface area contributed by atoms with Crippen LogP contribution in [-0.2, 0) is 12.8 Å². The molecule has 0 saturated carbocycles. The Morgan fingerprint density at radius 1 is 1.25 bits per heavy atom. The van der Waals surface area contributed by atoms with Crippen LogP contribution in [0.3, 0.4) is 0 Å². The first-order valence-electron chi connectivity index (χ1n) is 5.49. The molecule has 16 heavy (non-hydrogen) atoms. The molecule has 88 valence electrons. The van der Waals surface area contributed by atoms with Crippen molar-refractivity contribution in [3.05, 3.63) is 35.4 Å². The van der Waals surface area contributed by atoms with Crippen molar-refractivity contribution in [2.75, 3.05) is 13.1 Å². The Morgan fingerprint density at radius 3 is 2.31 bits per heavy atom. The summed E-state index contributed by atoms with van der Waals surface area (Å²) in [4.78, 5) is 0. The Morgan fingerprint density at radius 2 is 1.81 bits per heavy atom. The third kappa shape index (κ3) is 2.57. The van der Waals surface area contributed by atoms with Crippen LogP contribution < -0.4 is 11.1 Å². The lowest BCUT2D eigenvalue weighted by Gasteiger charge is -2.18. The summed E-state index contributed by atoms with van der Waals surface area (Å²) in [6, 6.07) is 8.19. The molecule has 0 aliphatic heterocycles. The second-order valence-electron chi connectivity index (χ2n) is 4.31. The minimum Gasteiger partial charge on any atom is -0.325 e. The zero-order valence-corrected chi connectivity index (χ0v) is 9.05. The van der Waals surface area contributed by atoms with Crippen LogP contribution in [0.25, 0.3) is 0 Å². The van der Waals surface area contributed by atoms with E-state index in [9.17, 15) is 8.78 Å². The van der Waals surface area contributed by atoms with Crippen LogP contribution in [0.15, 0.2) is 24.3 Å². The highest BCUT2D eigenvalue weighted by atomic mass is 19.3. The number of alkyl halides is 2. The van der Waals surface area contributed by atoms with Crippen molar-refractivity contribution in [2.45, 2.75) is 24.8 Å². The van der Waals surface area contributed by atoms with Crippen molar-refractivity contribution < 1.29 is 8.78 Å². The molecule has 0 bridgehead atoms. The lowest BCUT2D eigenvalue weighted by atomic mass is 10.1. The predicted octanol–water partition coefficient (Wildman–Crippen LogP) is 1.34. The Balaban J connectivity index is 1.88. The number of rotatable bonds is 4. The Kier molecular flexibility index (Phi) is 3.21. The van der Waals surface area contributed by atoms with E-state index >= 15 is 0 Å². The van der Waals surface area contributed by atoms with E-state index in [1.807, 2.05) is 12.1 Å². The zero-order chi connectivity index (χ0) is 11.6. The van der Waals surface area contributed by atoms with Crippen molar-refractivity contribution >= 4 is 0 Å². The number of hydrogen-bond donors (Lipinski definition) is 2. The number of fused-ring (bicyclic) bond motifs is 1. The second kappa shape index (κ2) is 4.47. The molecule has 0 fully saturated rings. The van der Waals surface area contributed by atoms with Crippen LogP contribution in [-0.4, -0.2) is 25.1 Å². The molecular formula is C12H16F2N2. The normalized spacial score (nSPS) is 16.4. The summed E-state index contributed by atoms with van der Waals surface area (Å²) in [7, 11) is 0. The fourth-order valence-corrected chi connectivity index (χ4v) is 2.07. The number of halogens is 2. The summed E-state index contributed by atoms with van der Waals surface area (Å²) in [6.07, 6.45) is 1.66. The summed E-state index contributed by atoms with van der Waals surface area (Å²) >= 11 is 0. The van der Waals surface area contributed by atoms with E-state index in [-0.39, 0.29) is 12.6 Å². The highest BCUT2D eigenvalue weighted by molar-refractivity contribution is 5.33.